The van der Waals surface area contributed by atoms with Crippen LogP contribution in [0.1, 0.15) is 135 Å². The van der Waals surface area contributed by atoms with Gasteiger partial charge in [-0.2, -0.15) is 0 Å². The molecule has 12 atom stereocenters. The van der Waals surface area contributed by atoms with Crippen molar-refractivity contribution in [3.8, 4) is 0 Å². The number of imidazole rings is 1. The van der Waals surface area contributed by atoms with E-state index in [-0.39, 0.29) is 107 Å². The molecule has 3 saturated heterocycles. The van der Waals surface area contributed by atoms with Crippen LogP contribution in [0.4, 0.5) is 0 Å². The third kappa shape index (κ3) is 29.4. The number of primary amides is 1. The number of unbranched alkanes of at least 4 members (excludes halogenated alkanes) is 2. The van der Waals surface area contributed by atoms with Gasteiger partial charge in [0.2, 0.25) is 82.7 Å². The molecule has 36 nitrogen and oxygen atoms in total. The molecule has 3 aliphatic heterocycles. The van der Waals surface area contributed by atoms with Gasteiger partial charge in [-0.05, 0) is 108 Å². The Hall–Kier alpha value is -9.14. The van der Waals surface area contributed by atoms with Gasteiger partial charge in [-0.15, -0.1) is 0 Å². The first-order valence-electron chi connectivity index (χ1n) is 35.7. The van der Waals surface area contributed by atoms with Crippen LogP contribution in [0.2, 0.25) is 0 Å². The molecule has 105 heavy (non-hydrogen) atoms. The lowest BCUT2D eigenvalue weighted by molar-refractivity contribution is -0.142. The van der Waals surface area contributed by atoms with Crippen molar-refractivity contribution >= 4 is 110 Å². The topological polar surface area (TPSA) is 569 Å². The van der Waals surface area contributed by atoms with Gasteiger partial charge in [-0.3, -0.25) is 72.1 Å². The fraction of sp³-hybridized carbons (Fsp3) is 0.642. The van der Waals surface area contributed by atoms with Crippen LogP contribution >= 0.6 is 21.6 Å². The van der Waals surface area contributed by atoms with Crippen molar-refractivity contribution in [2.75, 3.05) is 57.4 Å². The standard InChI is InChI=1S/C67H107N21O15S2/c1-5-6-17-42(56(93)74-27-24-40-15-8-7-9-16-40)80-64(101)51-20-13-28-87(51)54(91)33-76-57(94)43(18-10-11-25-68)78-62(99)49-35-104-105-36-50(63(100)83-46(30-38(2)3)59(96)84-48(34-89)61(98)85-49)86-65(102)52-21-14-29-88(52)66(103)45(19-12-26-75-67(71)72)81-58(95)44(22-23-53(70)90)79-60(97)47(82-55(92)39(4)69)31-41-32-73-37-77-41/h7-9,15-16,32,37-39,42-52,89H,5-6,10-14,17-31,33-36,68-69H2,1-4H3,(H2,70,90)(H,73,77)(H,74,93)(H,76,94)(H,78,99)(H,79,97)(H,80,101)(H,81,95)(H,82,92)(H,83,100)(H,84,96)(H,85,98)(H,86,102)(H4,71,72,75)/t39-,42-,43+,44-,45-,46-,47-,48+,49+,50-,51+,52-/m0/s1. The molecule has 582 valence electrons. The molecule has 0 radical (unpaired) electrons. The number of amides is 14. The Morgan fingerprint density at radius 2 is 1.27 bits per heavy atom. The first kappa shape index (κ1) is 86.5. The molecule has 1 aromatic carbocycles. The van der Waals surface area contributed by atoms with Gasteiger partial charge in [0.15, 0.2) is 5.96 Å². The van der Waals surface area contributed by atoms with Gasteiger partial charge >= 0.3 is 0 Å². The molecule has 0 saturated carbocycles. The number of aliphatic hydroxyl groups is 1. The van der Waals surface area contributed by atoms with Gasteiger partial charge in [0.25, 0.3) is 0 Å². The van der Waals surface area contributed by atoms with E-state index in [0.29, 0.717) is 57.2 Å². The van der Waals surface area contributed by atoms with Gasteiger partial charge in [-0.25, -0.2) is 4.98 Å². The first-order valence-corrected chi connectivity index (χ1v) is 38.2. The van der Waals surface area contributed by atoms with E-state index in [4.69, 9.17) is 28.7 Å². The predicted molar refractivity (Wildman–Crippen MR) is 391 cm³/mol. The average molecular weight is 1510 g/mol. The Balaban J connectivity index is 1.33. The quantitative estimate of drug-likeness (QED) is 0.0129. The number of guanidine groups is 1. The minimum atomic E-state index is -1.68. The monoisotopic (exact) mass is 1510 g/mol. The molecule has 23 N–H and O–H groups in total. The Morgan fingerprint density at radius 3 is 1.90 bits per heavy atom. The maximum Gasteiger partial charge on any atom is 0.245 e. The number of nitrogens with one attached hydrogen (secondary N) is 12. The molecule has 0 bridgehead atoms. The summed E-state index contributed by atoms with van der Waals surface area (Å²) in [6.45, 7) is 6.08. The van der Waals surface area contributed by atoms with E-state index in [0.717, 1.165) is 33.6 Å². The van der Waals surface area contributed by atoms with Crippen molar-refractivity contribution in [1.82, 2.24) is 78.3 Å². The molecule has 2 aromatic rings. The zero-order valence-corrected chi connectivity index (χ0v) is 61.7. The molecule has 5 rings (SSSR count). The highest BCUT2D eigenvalue weighted by Crippen LogP contribution is 2.26. The number of carbonyl (C=O) groups is 14. The number of aromatic amines is 1. The second-order valence-corrected chi connectivity index (χ2v) is 29.1. The normalized spacial score (nSPS) is 20.3. The predicted octanol–water partition coefficient (Wildman–Crippen LogP) is -4.81. The molecule has 1 aromatic heterocycles. The summed E-state index contributed by atoms with van der Waals surface area (Å²) >= 11 is 0. The minimum absolute atomic E-state index is 0.00191. The molecular formula is C67H107N21O15S2. The summed E-state index contributed by atoms with van der Waals surface area (Å²) in [5.74, 6) is -11.9. The van der Waals surface area contributed by atoms with Gasteiger partial charge < -0.3 is 107 Å². The summed E-state index contributed by atoms with van der Waals surface area (Å²) in [4.78, 5) is 209. The van der Waals surface area contributed by atoms with E-state index in [1.54, 1.807) is 13.8 Å². The van der Waals surface area contributed by atoms with Crippen LogP contribution in [0, 0.1) is 5.92 Å². The Bertz CT molecular complexity index is 3280. The lowest BCUT2D eigenvalue weighted by Crippen LogP contribution is -2.61. The number of hydrogen-bond donors (Lipinski definition) is 18. The van der Waals surface area contributed by atoms with Gasteiger partial charge in [0, 0.05) is 62.4 Å². The molecule has 3 aliphatic rings. The fourth-order valence-electron chi connectivity index (χ4n) is 11.9. The number of nitrogens with zero attached hydrogens (tertiary/aromatic N) is 4. The smallest absolute Gasteiger partial charge is 0.245 e. The third-order valence-electron chi connectivity index (χ3n) is 17.6. The average Bonchev–Trinajstić information content (AvgIpc) is 1.77. The van der Waals surface area contributed by atoms with Gasteiger partial charge in [0.05, 0.1) is 25.5 Å². The molecule has 0 spiro atoms. The van der Waals surface area contributed by atoms with Gasteiger partial charge in [-0.1, -0.05) is 85.5 Å². The van der Waals surface area contributed by atoms with Crippen molar-refractivity contribution < 1.29 is 72.2 Å². The van der Waals surface area contributed by atoms with Crippen LogP contribution in [0.5, 0.6) is 0 Å². The van der Waals surface area contributed by atoms with Crippen molar-refractivity contribution in [2.24, 2.45) is 39.6 Å². The van der Waals surface area contributed by atoms with E-state index in [1.807, 2.05) is 37.3 Å². The van der Waals surface area contributed by atoms with Crippen LogP contribution in [0.15, 0.2) is 47.8 Å². The van der Waals surface area contributed by atoms with E-state index >= 15 is 0 Å². The van der Waals surface area contributed by atoms with Crippen LogP contribution < -0.4 is 87.2 Å². The number of likely N-dealkylation sites (tertiary alicyclic amines) is 2. The number of aromatic nitrogens is 2. The maximum atomic E-state index is 14.9. The summed E-state index contributed by atoms with van der Waals surface area (Å²) in [7, 11) is 1.95. The van der Waals surface area contributed by atoms with Crippen LogP contribution in [0.25, 0.3) is 0 Å². The Labute approximate surface area is 618 Å². The number of aliphatic imine (C=N–C) groups is 1. The number of benzene rings is 1. The van der Waals surface area contributed by atoms with E-state index in [2.05, 4.69) is 73.4 Å². The second-order valence-electron chi connectivity index (χ2n) is 26.6. The highest BCUT2D eigenvalue weighted by atomic mass is 33.1. The van der Waals surface area contributed by atoms with E-state index < -0.39 is 169 Å². The number of rotatable bonds is 39. The zero-order chi connectivity index (χ0) is 77.1. The largest absolute Gasteiger partial charge is 0.394 e. The van der Waals surface area contributed by atoms with Crippen LogP contribution in [-0.2, 0) is 80.0 Å². The minimum Gasteiger partial charge on any atom is -0.394 e. The van der Waals surface area contributed by atoms with E-state index in [1.165, 1.54) is 29.2 Å². The molecule has 0 unspecified atom stereocenters. The summed E-state index contributed by atoms with van der Waals surface area (Å²) in [6, 6.07) is -6.08. The molecule has 3 fully saturated rings. The van der Waals surface area contributed by atoms with Crippen LogP contribution in [0.3, 0.4) is 0 Å². The van der Waals surface area contributed by atoms with Crippen LogP contribution in [-0.4, -0.2) is 243 Å². The van der Waals surface area contributed by atoms with Crippen molar-refractivity contribution in [3.05, 3.63) is 54.1 Å². The summed E-state index contributed by atoms with van der Waals surface area (Å²) in [6.07, 6.45) is 6.09. The van der Waals surface area contributed by atoms with Crippen molar-refractivity contribution in [3.63, 3.8) is 0 Å². The van der Waals surface area contributed by atoms with E-state index in [9.17, 15) is 72.2 Å². The first-order chi connectivity index (χ1) is 50.1. The molecule has 38 heteroatoms. The Morgan fingerprint density at radius 1 is 0.667 bits per heavy atom. The molecule has 4 heterocycles. The third-order valence-corrected chi connectivity index (χ3v) is 20.0. The summed E-state index contributed by atoms with van der Waals surface area (Å²) in [5.41, 5.74) is 29.7. The molecule has 14 amide bonds. The Kier molecular flexibility index (Phi) is 37.3. The van der Waals surface area contributed by atoms with Crippen molar-refractivity contribution in [2.45, 2.75) is 209 Å². The SMILES string of the molecule is CCCC[C@H](NC(=O)[C@H]1CCCN1C(=O)CNC(=O)[C@@H](CCCCN)NC(=O)[C@H]1CSSC[C@H](NC(=O)[C@@H]2CCCN2C(=O)[C@H](CCCN=C(N)N)NC(=O)[C@H](CCC(N)=O)NC(=O)[C@H](Cc2cnc[nH]2)NC(=O)[C@H](C)N)C(=O)N[C@@H](CC(C)C)C(=O)N[C@H](CO)C(=O)N1)C(=O)NCCc1ccccc1. The lowest BCUT2D eigenvalue weighted by Gasteiger charge is -2.31. The van der Waals surface area contributed by atoms with Crippen molar-refractivity contribution in [1.29, 1.82) is 0 Å². The highest BCUT2D eigenvalue weighted by Gasteiger charge is 2.42. The zero-order valence-electron chi connectivity index (χ0n) is 60.1. The lowest BCUT2D eigenvalue weighted by atomic mass is 10.0. The number of nitrogens with two attached hydrogens (primary N) is 5. The van der Waals surface area contributed by atoms with Gasteiger partial charge in [0.1, 0.15) is 66.5 Å². The molecule has 0 aliphatic carbocycles. The molecular weight excluding hydrogens is 1400 g/mol. The number of carbonyl (C=O) groups excluding carboxylic acids is 14. The number of hydrogen-bond acceptors (Lipinski definition) is 21. The summed E-state index contributed by atoms with van der Waals surface area (Å²) in [5, 5.41) is 39.8. The number of H-pyrrole nitrogens is 1. The second kappa shape index (κ2) is 45.3. The number of aliphatic hydroxyl groups excluding tert-OH is 1. The highest BCUT2D eigenvalue weighted by molar-refractivity contribution is 8.76. The fourth-order valence-corrected chi connectivity index (χ4v) is 14.2. The maximum absolute atomic E-state index is 14.9. The summed E-state index contributed by atoms with van der Waals surface area (Å²) < 4.78 is 0.